The average Bonchev–Trinajstić information content (AvgIpc) is 2.93. The number of amides is 1. The van der Waals surface area contributed by atoms with Gasteiger partial charge in [-0.1, -0.05) is 27.2 Å². The summed E-state index contributed by atoms with van der Waals surface area (Å²) in [6.07, 6.45) is 9.40. The fourth-order valence-corrected chi connectivity index (χ4v) is 2.96. The maximum Gasteiger partial charge on any atom is 0.236 e. The van der Waals surface area contributed by atoms with E-state index in [4.69, 9.17) is 12.2 Å². The van der Waals surface area contributed by atoms with Gasteiger partial charge in [0.15, 0.2) is 0 Å². The van der Waals surface area contributed by atoms with Gasteiger partial charge in [0.05, 0.1) is 6.54 Å². The molecule has 0 bridgehead atoms. The molecule has 0 aromatic rings. The minimum atomic E-state index is -0.327. The predicted molar refractivity (Wildman–Crippen MR) is 114 cm³/mol. The number of nitrogens with one attached hydrogen (secondary N) is 1. The summed E-state index contributed by atoms with van der Waals surface area (Å²) in [5, 5.41) is 2.75. The van der Waals surface area contributed by atoms with Gasteiger partial charge < -0.3 is 16.0 Å². The molecule has 0 spiro atoms. The van der Waals surface area contributed by atoms with Gasteiger partial charge in [-0.25, -0.2) is 0 Å². The van der Waals surface area contributed by atoms with Gasteiger partial charge in [-0.15, -0.1) is 12.3 Å². The topological polar surface area (TPSA) is 61.6 Å². The Morgan fingerprint density at radius 3 is 2.23 bits per heavy atom. The molecule has 1 rings (SSSR count). The van der Waals surface area contributed by atoms with Gasteiger partial charge in [0, 0.05) is 37.5 Å². The number of rotatable bonds is 6. The number of carbonyl (C=O) groups excluding carboxylic acids is 1. The van der Waals surface area contributed by atoms with Gasteiger partial charge in [-0.05, 0) is 47.3 Å². The zero-order valence-corrected chi connectivity index (χ0v) is 18.6. The van der Waals surface area contributed by atoms with E-state index in [1.807, 2.05) is 35.0 Å². The molecule has 0 aromatic heterocycles. The molecule has 1 aliphatic heterocycles. The van der Waals surface area contributed by atoms with Crippen molar-refractivity contribution in [2.75, 3.05) is 47.3 Å². The van der Waals surface area contributed by atoms with E-state index < -0.39 is 0 Å². The van der Waals surface area contributed by atoms with Crippen molar-refractivity contribution in [3.63, 3.8) is 0 Å². The van der Waals surface area contributed by atoms with Crippen LogP contribution in [0.25, 0.3) is 0 Å². The number of nitrogens with two attached hydrogens (primary N) is 1. The molecule has 1 aliphatic rings. The zero-order chi connectivity index (χ0) is 20.8. The molecule has 0 saturated carbocycles. The minimum Gasteiger partial charge on any atom is -0.345 e. The SMILES string of the molecule is C#CCC1(C(C)(C)N)CCN(CC(=O)N(C)CCC)C1.CCC.CNC. The Hall–Kier alpha value is -1.09. The number of nitrogens with zero attached hydrogens (tertiary/aromatic N) is 2. The van der Waals surface area contributed by atoms with Crippen LogP contribution >= 0.6 is 0 Å². The summed E-state index contributed by atoms with van der Waals surface area (Å²) in [4.78, 5) is 16.1. The largest absolute Gasteiger partial charge is 0.345 e. The van der Waals surface area contributed by atoms with Crippen molar-refractivity contribution in [1.29, 1.82) is 0 Å². The predicted octanol–water partition coefficient (Wildman–Crippen LogP) is 2.56. The third-order valence-corrected chi connectivity index (χ3v) is 4.58. The van der Waals surface area contributed by atoms with E-state index in [-0.39, 0.29) is 16.9 Å². The van der Waals surface area contributed by atoms with Crippen LogP contribution in [0.5, 0.6) is 0 Å². The second-order valence-electron chi connectivity index (χ2n) is 7.87. The van der Waals surface area contributed by atoms with Crippen LogP contribution in [0.15, 0.2) is 0 Å². The third kappa shape index (κ3) is 9.56. The van der Waals surface area contributed by atoms with Crippen molar-refractivity contribution in [2.45, 2.75) is 65.8 Å². The van der Waals surface area contributed by atoms with E-state index in [0.29, 0.717) is 13.0 Å². The number of hydrogen-bond donors (Lipinski definition) is 2. The van der Waals surface area contributed by atoms with Gasteiger partial charge in [-0.2, -0.15) is 0 Å². The van der Waals surface area contributed by atoms with Crippen LogP contribution in [0.2, 0.25) is 0 Å². The molecule has 0 aromatic carbocycles. The van der Waals surface area contributed by atoms with E-state index in [0.717, 1.165) is 32.5 Å². The molecular weight excluding hydrogens is 324 g/mol. The number of likely N-dealkylation sites (N-methyl/N-ethyl adjacent to an activating group) is 1. The molecule has 1 heterocycles. The normalized spacial score (nSPS) is 19.5. The van der Waals surface area contributed by atoms with Gasteiger partial charge in [-0.3, -0.25) is 9.69 Å². The molecule has 26 heavy (non-hydrogen) atoms. The summed E-state index contributed by atoms with van der Waals surface area (Å²) >= 11 is 0. The Kier molecular flexibility index (Phi) is 14.6. The first-order chi connectivity index (χ1) is 12.1. The molecule has 1 unspecified atom stereocenters. The summed E-state index contributed by atoms with van der Waals surface area (Å²) in [6, 6.07) is 0. The Labute approximate surface area is 163 Å². The highest BCUT2D eigenvalue weighted by Crippen LogP contribution is 2.41. The second kappa shape index (κ2) is 14.0. The van der Waals surface area contributed by atoms with Crippen molar-refractivity contribution in [2.24, 2.45) is 11.1 Å². The first-order valence-corrected chi connectivity index (χ1v) is 9.86. The Bertz CT molecular complexity index is 409. The number of carbonyl (C=O) groups is 1. The van der Waals surface area contributed by atoms with Crippen LogP contribution in [-0.4, -0.2) is 68.6 Å². The number of likely N-dealkylation sites (tertiary alicyclic amines) is 1. The molecular formula is C21H44N4O. The monoisotopic (exact) mass is 368 g/mol. The van der Waals surface area contributed by atoms with Crippen molar-refractivity contribution in [3.8, 4) is 12.3 Å². The van der Waals surface area contributed by atoms with Crippen LogP contribution in [0.1, 0.15) is 60.3 Å². The molecule has 0 aliphatic carbocycles. The Morgan fingerprint density at radius 2 is 1.85 bits per heavy atom. The molecule has 1 saturated heterocycles. The van der Waals surface area contributed by atoms with E-state index >= 15 is 0 Å². The molecule has 1 fully saturated rings. The lowest BCUT2D eigenvalue weighted by Crippen LogP contribution is -2.52. The summed E-state index contributed by atoms with van der Waals surface area (Å²) in [6.45, 7) is 13.4. The van der Waals surface area contributed by atoms with Gasteiger partial charge >= 0.3 is 0 Å². The van der Waals surface area contributed by atoms with Crippen LogP contribution in [0.3, 0.4) is 0 Å². The molecule has 1 atom stereocenters. The number of hydrogen-bond acceptors (Lipinski definition) is 4. The fourth-order valence-electron chi connectivity index (χ4n) is 2.96. The van der Waals surface area contributed by atoms with Gasteiger partial charge in [0.1, 0.15) is 0 Å². The van der Waals surface area contributed by atoms with E-state index in [1.165, 1.54) is 6.42 Å². The minimum absolute atomic E-state index is 0.0780. The standard InChI is InChI=1S/C16H29N3O.C3H8.C2H7N/c1-6-8-16(15(3,4)17)9-11-19(13-16)12-14(20)18(5)10-7-2;2*1-3-2/h1H,7-13,17H2,2-5H3;3H2,1-2H3;3H,1-2H3. The average molecular weight is 369 g/mol. The Balaban J connectivity index is 0. The van der Waals surface area contributed by atoms with Crippen molar-refractivity contribution >= 4 is 5.91 Å². The van der Waals surface area contributed by atoms with E-state index in [2.05, 4.69) is 36.9 Å². The first-order valence-electron chi connectivity index (χ1n) is 9.86. The van der Waals surface area contributed by atoms with E-state index in [9.17, 15) is 4.79 Å². The summed E-state index contributed by atoms with van der Waals surface area (Å²) < 4.78 is 0. The zero-order valence-electron chi connectivity index (χ0n) is 18.6. The van der Waals surface area contributed by atoms with Gasteiger partial charge in [0.2, 0.25) is 5.91 Å². The lowest BCUT2D eigenvalue weighted by molar-refractivity contribution is -0.131. The molecule has 1 amide bonds. The molecule has 5 nitrogen and oxygen atoms in total. The maximum absolute atomic E-state index is 12.1. The molecule has 0 radical (unpaired) electrons. The van der Waals surface area contributed by atoms with Crippen LogP contribution < -0.4 is 11.1 Å². The number of terminal acetylenes is 1. The summed E-state index contributed by atoms with van der Waals surface area (Å²) in [5.74, 6) is 2.95. The van der Waals surface area contributed by atoms with Crippen molar-refractivity contribution < 1.29 is 4.79 Å². The summed E-state index contributed by atoms with van der Waals surface area (Å²) in [5.41, 5.74) is 5.94. The smallest absolute Gasteiger partial charge is 0.236 e. The quantitative estimate of drug-likeness (QED) is 0.707. The maximum atomic E-state index is 12.1. The van der Waals surface area contributed by atoms with E-state index in [1.54, 1.807) is 4.90 Å². The fraction of sp³-hybridized carbons (Fsp3) is 0.857. The second-order valence-corrected chi connectivity index (χ2v) is 7.87. The van der Waals surface area contributed by atoms with Crippen LogP contribution in [-0.2, 0) is 4.79 Å². The first kappa shape index (κ1) is 27.1. The molecule has 154 valence electrons. The van der Waals surface area contributed by atoms with Crippen molar-refractivity contribution in [3.05, 3.63) is 0 Å². The highest BCUT2D eigenvalue weighted by Gasteiger charge is 2.47. The lowest BCUT2D eigenvalue weighted by atomic mass is 9.69. The Morgan fingerprint density at radius 1 is 1.35 bits per heavy atom. The lowest BCUT2D eigenvalue weighted by Gasteiger charge is -2.40. The third-order valence-electron chi connectivity index (χ3n) is 4.58. The van der Waals surface area contributed by atoms with Gasteiger partial charge in [0.25, 0.3) is 0 Å². The highest BCUT2D eigenvalue weighted by molar-refractivity contribution is 5.78. The molecule has 5 heteroatoms. The van der Waals surface area contributed by atoms with Crippen LogP contribution in [0.4, 0.5) is 0 Å². The van der Waals surface area contributed by atoms with Crippen molar-refractivity contribution in [1.82, 2.24) is 15.1 Å². The molecule has 3 N–H and O–H groups in total. The summed E-state index contributed by atoms with van der Waals surface area (Å²) in [7, 11) is 5.61. The van der Waals surface area contributed by atoms with Crippen LogP contribution in [0, 0.1) is 17.8 Å². The highest BCUT2D eigenvalue weighted by atomic mass is 16.2.